The standard InChI is InChI=1S/C32H47N5O8.C19H28N2O3S2.C3H8S.C2H6OS/c1-20(2)29(36-27(40)10-6-5-7-16-37-28(41)17-21(3)31(37)43)30(42)35-25(9-8-15-34-32(33)44)26(39)18-23-11-13-24(14-12-23)19-45-22(4)38;1-14(22)7-6-12-24-17-10-8-16(9-11-17)15(2)20-21(5)18(23)13-19(3,4)26-25;1-2-3-4;3-1-2-4/h11-14,20-21,25,29H,5-10,15-19H2,1-4H3,(H,35,42)(H,36,40)(H3,33,34,44);8-11,25H,6-7,12-13H2,1-5H3;4H,2-3H2,1H3;3-4H,1-2H2/b;20-15+;;/t21?,25-,29-;;;/m0.../s1. The van der Waals surface area contributed by atoms with Crippen molar-refractivity contribution in [2.75, 3.05) is 44.9 Å². The van der Waals surface area contributed by atoms with Gasteiger partial charge < -0.3 is 41.1 Å². The van der Waals surface area contributed by atoms with Crippen molar-refractivity contribution in [3.8, 4) is 5.75 Å². The first kappa shape index (κ1) is 73.9. The molecule has 1 aliphatic rings. The van der Waals surface area contributed by atoms with Crippen LogP contribution in [-0.2, 0) is 56.1 Å². The summed E-state index contributed by atoms with van der Waals surface area (Å²) in [5.41, 5.74) is 8.28. The summed E-state index contributed by atoms with van der Waals surface area (Å²) in [6.45, 7) is 17.5. The number of thiol groups is 3. The van der Waals surface area contributed by atoms with Crippen molar-refractivity contribution in [3.05, 3.63) is 65.2 Å². The fourth-order valence-electron chi connectivity index (χ4n) is 7.10. The minimum absolute atomic E-state index is 0.0360. The van der Waals surface area contributed by atoms with E-state index >= 15 is 0 Å². The minimum Gasteiger partial charge on any atom is -0.494 e. The van der Waals surface area contributed by atoms with Gasteiger partial charge in [-0.2, -0.15) is 30.4 Å². The van der Waals surface area contributed by atoms with Crippen LogP contribution in [0.5, 0.6) is 5.75 Å². The molecule has 0 spiro atoms. The van der Waals surface area contributed by atoms with Crippen LogP contribution in [0.15, 0.2) is 53.6 Å². The van der Waals surface area contributed by atoms with Crippen molar-refractivity contribution in [1.82, 2.24) is 25.9 Å². The van der Waals surface area contributed by atoms with E-state index in [4.69, 9.17) is 20.3 Å². The summed E-state index contributed by atoms with van der Waals surface area (Å²) in [6.07, 6.45) is 5.62. The zero-order chi connectivity index (χ0) is 60.1. The van der Waals surface area contributed by atoms with Gasteiger partial charge in [-0.1, -0.05) is 69.2 Å². The van der Waals surface area contributed by atoms with E-state index in [0.29, 0.717) is 69.4 Å². The van der Waals surface area contributed by atoms with Crippen molar-refractivity contribution in [1.29, 1.82) is 0 Å². The summed E-state index contributed by atoms with van der Waals surface area (Å²) in [7, 11) is 3.03. The molecule has 3 atom stereocenters. The van der Waals surface area contributed by atoms with Gasteiger partial charge in [0.15, 0.2) is 5.78 Å². The van der Waals surface area contributed by atoms with Crippen LogP contribution in [0.1, 0.15) is 150 Å². The van der Waals surface area contributed by atoms with E-state index in [9.17, 15) is 43.2 Å². The third kappa shape index (κ3) is 33.9. The van der Waals surface area contributed by atoms with E-state index in [-0.39, 0.29) is 97.2 Å². The van der Waals surface area contributed by atoms with Crippen molar-refractivity contribution < 1.29 is 57.7 Å². The summed E-state index contributed by atoms with van der Waals surface area (Å²) < 4.78 is 10.4. The first-order valence-electron chi connectivity index (χ1n) is 26.7. The van der Waals surface area contributed by atoms with Crippen LogP contribution in [0.25, 0.3) is 0 Å². The van der Waals surface area contributed by atoms with E-state index in [0.717, 1.165) is 28.3 Å². The summed E-state index contributed by atoms with van der Waals surface area (Å²) in [5, 5.41) is 21.6. The molecule has 79 heavy (non-hydrogen) atoms. The van der Waals surface area contributed by atoms with Crippen LogP contribution < -0.4 is 26.4 Å². The first-order valence-corrected chi connectivity index (χ1v) is 29.8. The van der Waals surface area contributed by atoms with Gasteiger partial charge in [-0.15, -0.1) is 11.7 Å². The molecule has 23 heteroatoms. The van der Waals surface area contributed by atoms with Gasteiger partial charge in [0, 0.05) is 75.6 Å². The van der Waals surface area contributed by atoms with E-state index in [2.05, 4.69) is 64.9 Å². The molecule has 0 radical (unpaired) electrons. The SMILES string of the molecule is CC(=O)CCCOc1ccc(/C(C)=N/N(C)C(=O)CC(C)(C)SS)cc1.CC(=O)OCc1ccc(CC(=O)[C@H](CCCNC(N)=O)NC(=O)[C@@H](NC(=O)CCCCCN2C(=O)CC(C)C2=O)C(C)C)cc1.CCCS.OCCS. The molecule has 1 unspecified atom stereocenters. The molecular formula is C56H89N7O12S4. The molecule has 7 amide bonds. The highest BCUT2D eigenvalue weighted by Crippen LogP contribution is 2.31. The molecule has 19 nitrogen and oxygen atoms in total. The van der Waals surface area contributed by atoms with E-state index < -0.39 is 30.0 Å². The number of amides is 7. The molecule has 1 saturated heterocycles. The smallest absolute Gasteiger partial charge is 0.312 e. The topological polar surface area (TPSA) is 273 Å². The average molecular weight is 1180 g/mol. The maximum atomic E-state index is 13.3. The number of nitrogens with two attached hydrogens (primary N) is 1. The van der Waals surface area contributed by atoms with Crippen LogP contribution in [0.2, 0.25) is 0 Å². The number of primary amides is 1. The van der Waals surface area contributed by atoms with Gasteiger partial charge in [0.1, 0.15) is 24.2 Å². The Morgan fingerprint density at radius 3 is 2.01 bits per heavy atom. The van der Waals surface area contributed by atoms with E-state index in [1.807, 2.05) is 45.0 Å². The lowest BCUT2D eigenvalue weighted by Gasteiger charge is -2.25. The monoisotopic (exact) mass is 1180 g/mol. The lowest BCUT2D eigenvalue weighted by atomic mass is 9.97. The Kier molecular flexibility index (Phi) is 39.1. The number of ketones is 2. The summed E-state index contributed by atoms with van der Waals surface area (Å²) >= 11 is 11.8. The number of imide groups is 1. The van der Waals surface area contributed by atoms with Crippen molar-refractivity contribution >= 4 is 107 Å². The molecule has 0 saturated carbocycles. The highest BCUT2D eigenvalue weighted by atomic mass is 33.1. The summed E-state index contributed by atoms with van der Waals surface area (Å²) in [6, 6.07) is 12.1. The number of hydrogen-bond acceptors (Lipinski definition) is 17. The lowest BCUT2D eigenvalue weighted by molar-refractivity contribution is -0.142. The van der Waals surface area contributed by atoms with Crippen LogP contribution in [0.3, 0.4) is 0 Å². The maximum Gasteiger partial charge on any atom is 0.312 e. The number of hydrogen-bond donors (Lipinski definition) is 8. The van der Waals surface area contributed by atoms with Gasteiger partial charge in [0.05, 0.1) is 25.0 Å². The second-order valence-corrected chi connectivity index (χ2v) is 22.5. The van der Waals surface area contributed by atoms with Gasteiger partial charge in [0.2, 0.25) is 29.5 Å². The fraction of sp³-hybridized carbons (Fsp3) is 0.607. The highest BCUT2D eigenvalue weighted by molar-refractivity contribution is 8.69. The van der Waals surface area contributed by atoms with E-state index in [1.54, 1.807) is 59.0 Å². The zero-order valence-electron chi connectivity index (χ0n) is 48.0. The number of urea groups is 1. The normalized spacial score (nSPS) is 13.7. The third-order valence-electron chi connectivity index (χ3n) is 11.6. The number of aliphatic hydroxyl groups is 1. The van der Waals surface area contributed by atoms with Gasteiger partial charge in [0.25, 0.3) is 0 Å². The molecule has 2 aromatic rings. The molecule has 3 rings (SSSR count). The third-order valence-corrected chi connectivity index (χ3v) is 14.3. The number of esters is 1. The van der Waals surface area contributed by atoms with Crippen molar-refractivity contribution in [2.45, 2.75) is 163 Å². The van der Waals surface area contributed by atoms with Crippen LogP contribution in [0, 0.1) is 11.8 Å². The minimum atomic E-state index is -0.876. The van der Waals surface area contributed by atoms with Gasteiger partial charge in [-0.3, -0.25) is 38.5 Å². The number of carbonyl (C=O) groups is 9. The Balaban J connectivity index is 0.00000150. The number of nitrogens with one attached hydrogen (secondary N) is 3. The quantitative estimate of drug-likeness (QED) is 0.00692. The number of Topliss-reactive ketones (excluding diaryl/α,β-unsaturated/α-hetero) is 2. The number of carbonyl (C=O) groups excluding carboxylic acids is 9. The molecule has 1 fully saturated rings. The Hall–Kier alpha value is -5.10. The van der Waals surface area contributed by atoms with Crippen LogP contribution >= 0.6 is 47.7 Å². The number of unbranched alkanes of at least 4 members (excludes halogenated alkanes) is 2. The molecule has 2 aromatic carbocycles. The summed E-state index contributed by atoms with van der Waals surface area (Å²) in [4.78, 5) is 110. The lowest BCUT2D eigenvalue weighted by Crippen LogP contribution is -2.54. The molecule has 6 N–H and O–H groups in total. The van der Waals surface area contributed by atoms with Gasteiger partial charge in [-0.25, -0.2) is 9.80 Å². The number of nitrogens with zero attached hydrogens (tertiary/aromatic N) is 3. The number of likely N-dealkylation sites (tertiary alicyclic amines) is 1. The van der Waals surface area contributed by atoms with Gasteiger partial charge in [-0.05, 0) is 119 Å². The Bertz CT molecular complexity index is 2230. The molecule has 0 aromatic heterocycles. The number of ether oxygens (including phenoxy) is 2. The largest absolute Gasteiger partial charge is 0.494 e. The molecule has 0 bridgehead atoms. The number of benzene rings is 2. The molecule has 0 aliphatic carbocycles. The predicted octanol–water partition coefficient (Wildman–Crippen LogP) is 7.49. The molecular weight excluding hydrogens is 1090 g/mol. The number of aliphatic hydroxyl groups excluding tert-OH is 1. The number of hydrazone groups is 1. The van der Waals surface area contributed by atoms with Gasteiger partial charge >= 0.3 is 12.0 Å². The van der Waals surface area contributed by atoms with Crippen molar-refractivity contribution in [2.24, 2.45) is 22.7 Å². The molecule has 1 heterocycles. The number of rotatable bonds is 31. The Morgan fingerprint density at radius 2 is 1.51 bits per heavy atom. The first-order chi connectivity index (χ1) is 37.2. The van der Waals surface area contributed by atoms with Crippen LogP contribution in [0.4, 0.5) is 4.79 Å². The fourth-order valence-corrected chi connectivity index (χ4v) is 7.49. The Labute approximate surface area is 488 Å². The second-order valence-electron chi connectivity index (χ2n) is 19.8. The molecule has 1 aliphatic heterocycles. The van der Waals surface area contributed by atoms with Crippen LogP contribution in [-0.4, -0.2) is 136 Å². The second kappa shape index (κ2) is 41.8. The average Bonchev–Trinajstić information content (AvgIpc) is 3.65. The summed E-state index contributed by atoms with van der Waals surface area (Å²) in [5.74, 6) is 0.155. The highest BCUT2D eigenvalue weighted by Gasteiger charge is 2.35. The zero-order valence-corrected chi connectivity index (χ0v) is 51.5. The molecule has 444 valence electrons. The van der Waals surface area contributed by atoms with Crippen molar-refractivity contribution in [3.63, 3.8) is 0 Å². The predicted molar refractivity (Wildman–Crippen MR) is 322 cm³/mol. The Morgan fingerprint density at radius 1 is 0.899 bits per heavy atom. The van der Waals surface area contributed by atoms with E-state index in [1.165, 1.54) is 34.0 Å². The maximum absolute atomic E-state index is 13.3.